The van der Waals surface area contributed by atoms with Crippen LogP contribution < -0.4 is 4.74 Å². The molecule has 0 amide bonds. The monoisotopic (exact) mass is 291 g/mol. The third-order valence-electron chi connectivity index (χ3n) is 2.86. The van der Waals surface area contributed by atoms with Crippen molar-refractivity contribution in [3.05, 3.63) is 42.1 Å². The topological polar surface area (TPSA) is 73.3 Å². The molecule has 0 spiro atoms. The predicted octanol–water partition coefficient (Wildman–Crippen LogP) is 1.97. The summed E-state index contributed by atoms with van der Waals surface area (Å²) in [4.78, 5) is 15.4. The molecule has 1 aromatic heterocycles. The number of pyridine rings is 1. The average molecular weight is 291 g/mol. The Balaban J connectivity index is 2.55. The SMILES string of the molecule is COc1nccc(-c2ccc(S(C)(=O)=O)cc2)c1C=O. The molecule has 0 aliphatic rings. The normalized spacial score (nSPS) is 11.1. The number of aromatic nitrogens is 1. The van der Waals surface area contributed by atoms with Crippen LogP contribution in [0.2, 0.25) is 0 Å². The van der Waals surface area contributed by atoms with Crippen molar-refractivity contribution in [2.24, 2.45) is 0 Å². The number of hydrogen-bond donors (Lipinski definition) is 0. The van der Waals surface area contributed by atoms with Gasteiger partial charge in [-0.2, -0.15) is 0 Å². The zero-order valence-corrected chi connectivity index (χ0v) is 11.8. The van der Waals surface area contributed by atoms with E-state index in [0.717, 1.165) is 11.8 Å². The highest BCUT2D eigenvalue weighted by atomic mass is 32.2. The predicted molar refractivity (Wildman–Crippen MR) is 74.7 cm³/mol. The Labute approximate surface area is 117 Å². The number of ether oxygens (including phenoxy) is 1. The Morgan fingerprint density at radius 1 is 1.15 bits per heavy atom. The van der Waals surface area contributed by atoms with Crippen LogP contribution in [-0.2, 0) is 9.84 Å². The number of benzene rings is 1. The minimum Gasteiger partial charge on any atom is -0.480 e. The lowest BCUT2D eigenvalue weighted by atomic mass is 10.0. The lowest BCUT2D eigenvalue weighted by molar-refractivity contribution is 0.112. The molecule has 2 aromatic rings. The first kappa shape index (κ1) is 14.2. The molecule has 0 radical (unpaired) electrons. The van der Waals surface area contributed by atoms with E-state index in [-0.39, 0.29) is 10.8 Å². The smallest absolute Gasteiger partial charge is 0.224 e. The van der Waals surface area contributed by atoms with Gasteiger partial charge in [0.1, 0.15) is 0 Å². The fourth-order valence-corrected chi connectivity index (χ4v) is 2.49. The van der Waals surface area contributed by atoms with Gasteiger partial charge >= 0.3 is 0 Å². The molecule has 0 bridgehead atoms. The first-order valence-electron chi connectivity index (χ1n) is 5.76. The second kappa shape index (κ2) is 5.42. The number of nitrogens with zero attached hydrogens (tertiary/aromatic N) is 1. The third-order valence-corrected chi connectivity index (χ3v) is 3.99. The second-order valence-electron chi connectivity index (χ2n) is 4.20. The van der Waals surface area contributed by atoms with Crippen molar-refractivity contribution < 1.29 is 17.9 Å². The molecule has 1 heterocycles. The summed E-state index contributed by atoms with van der Waals surface area (Å²) in [5.41, 5.74) is 1.70. The second-order valence-corrected chi connectivity index (χ2v) is 6.21. The Morgan fingerprint density at radius 2 is 1.80 bits per heavy atom. The molecule has 0 aliphatic carbocycles. The third kappa shape index (κ3) is 2.70. The number of carbonyl (C=O) groups is 1. The Kier molecular flexibility index (Phi) is 3.85. The van der Waals surface area contributed by atoms with E-state index in [0.29, 0.717) is 17.4 Å². The van der Waals surface area contributed by atoms with E-state index in [2.05, 4.69) is 4.98 Å². The molecule has 0 N–H and O–H groups in total. The van der Waals surface area contributed by atoms with Gasteiger partial charge in [0.2, 0.25) is 5.88 Å². The number of hydrogen-bond acceptors (Lipinski definition) is 5. The summed E-state index contributed by atoms with van der Waals surface area (Å²) in [5.74, 6) is 0.240. The standard InChI is InChI=1S/C14H13NO4S/c1-19-14-13(9-16)12(7-8-15-14)10-3-5-11(6-4-10)20(2,17)18/h3-9H,1-2H3. The van der Waals surface area contributed by atoms with Crippen molar-refractivity contribution in [3.63, 3.8) is 0 Å². The number of aldehydes is 1. The summed E-state index contributed by atoms with van der Waals surface area (Å²) in [6, 6.07) is 8.00. The molecule has 2 rings (SSSR count). The molecule has 1 aromatic carbocycles. The van der Waals surface area contributed by atoms with Crippen LogP contribution in [0.25, 0.3) is 11.1 Å². The summed E-state index contributed by atoms with van der Waals surface area (Å²) in [5, 5.41) is 0. The van der Waals surface area contributed by atoms with Crippen LogP contribution in [0.4, 0.5) is 0 Å². The molecule has 0 unspecified atom stereocenters. The maximum Gasteiger partial charge on any atom is 0.224 e. The van der Waals surface area contributed by atoms with Crippen LogP contribution >= 0.6 is 0 Å². The molecule has 20 heavy (non-hydrogen) atoms. The van der Waals surface area contributed by atoms with Gasteiger partial charge in [-0.3, -0.25) is 4.79 Å². The van der Waals surface area contributed by atoms with Gasteiger partial charge in [0.05, 0.1) is 17.6 Å². The first-order chi connectivity index (χ1) is 9.47. The van der Waals surface area contributed by atoms with Crippen LogP contribution in [0.3, 0.4) is 0 Å². The summed E-state index contributed by atoms with van der Waals surface area (Å²) in [6.07, 6.45) is 3.35. The molecule has 0 fully saturated rings. The summed E-state index contributed by atoms with van der Waals surface area (Å²) in [6.45, 7) is 0. The van der Waals surface area contributed by atoms with Crippen molar-refractivity contribution in [1.29, 1.82) is 0 Å². The summed E-state index contributed by atoms with van der Waals surface area (Å²) < 4.78 is 27.9. The summed E-state index contributed by atoms with van der Waals surface area (Å²) >= 11 is 0. The van der Waals surface area contributed by atoms with E-state index in [4.69, 9.17) is 4.74 Å². The van der Waals surface area contributed by atoms with E-state index >= 15 is 0 Å². The number of carbonyl (C=O) groups excluding carboxylic acids is 1. The van der Waals surface area contributed by atoms with Crippen LogP contribution in [0.1, 0.15) is 10.4 Å². The zero-order valence-electron chi connectivity index (χ0n) is 11.0. The molecule has 5 nitrogen and oxygen atoms in total. The van der Waals surface area contributed by atoms with E-state index in [1.54, 1.807) is 18.2 Å². The van der Waals surface area contributed by atoms with Gasteiger partial charge in [0.25, 0.3) is 0 Å². The fraction of sp³-hybridized carbons (Fsp3) is 0.143. The maximum atomic E-state index is 11.4. The van der Waals surface area contributed by atoms with Crippen molar-refractivity contribution in [2.45, 2.75) is 4.90 Å². The maximum absolute atomic E-state index is 11.4. The van der Waals surface area contributed by atoms with Crippen LogP contribution in [-0.4, -0.2) is 33.1 Å². The molecular formula is C14H13NO4S. The lowest BCUT2D eigenvalue weighted by Gasteiger charge is -2.09. The molecular weight excluding hydrogens is 278 g/mol. The number of methoxy groups -OCH3 is 1. The average Bonchev–Trinajstić information content (AvgIpc) is 2.45. The van der Waals surface area contributed by atoms with Gasteiger partial charge < -0.3 is 4.74 Å². The minimum atomic E-state index is -3.24. The van der Waals surface area contributed by atoms with Crippen molar-refractivity contribution in [3.8, 4) is 17.0 Å². The van der Waals surface area contributed by atoms with Gasteiger partial charge in [-0.25, -0.2) is 13.4 Å². The quantitative estimate of drug-likeness (QED) is 0.805. The number of sulfone groups is 1. The van der Waals surface area contributed by atoms with Gasteiger partial charge in [-0.1, -0.05) is 12.1 Å². The van der Waals surface area contributed by atoms with Gasteiger partial charge in [-0.05, 0) is 29.3 Å². The molecule has 104 valence electrons. The van der Waals surface area contributed by atoms with Gasteiger partial charge in [0, 0.05) is 12.5 Å². The van der Waals surface area contributed by atoms with Gasteiger partial charge in [-0.15, -0.1) is 0 Å². The highest BCUT2D eigenvalue weighted by molar-refractivity contribution is 7.90. The van der Waals surface area contributed by atoms with E-state index < -0.39 is 9.84 Å². The molecule has 0 saturated carbocycles. The van der Waals surface area contributed by atoms with E-state index in [1.165, 1.54) is 25.4 Å². The van der Waals surface area contributed by atoms with Crippen LogP contribution in [0.15, 0.2) is 41.4 Å². The van der Waals surface area contributed by atoms with Crippen molar-refractivity contribution in [2.75, 3.05) is 13.4 Å². The zero-order chi connectivity index (χ0) is 14.8. The van der Waals surface area contributed by atoms with Gasteiger partial charge in [0.15, 0.2) is 16.1 Å². The largest absolute Gasteiger partial charge is 0.480 e. The minimum absolute atomic E-state index is 0.231. The molecule has 0 atom stereocenters. The van der Waals surface area contributed by atoms with E-state index in [1.807, 2.05) is 0 Å². The first-order valence-corrected chi connectivity index (χ1v) is 7.65. The Hall–Kier alpha value is -2.21. The van der Waals surface area contributed by atoms with Crippen LogP contribution in [0.5, 0.6) is 5.88 Å². The lowest BCUT2D eigenvalue weighted by Crippen LogP contribution is -1.98. The number of rotatable bonds is 4. The summed E-state index contributed by atoms with van der Waals surface area (Å²) in [7, 11) is -1.80. The highest BCUT2D eigenvalue weighted by Crippen LogP contribution is 2.28. The van der Waals surface area contributed by atoms with E-state index in [9.17, 15) is 13.2 Å². The molecule has 0 saturated heterocycles. The molecule has 6 heteroatoms. The fourth-order valence-electron chi connectivity index (χ4n) is 1.86. The van der Waals surface area contributed by atoms with Crippen LogP contribution in [0, 0.1) is 0 Å². The Morgan fingerprint density at radius 3 is 2.30 bits per heavy atom. The highest BCUT2D eigenvalue weighted by Gasteiger charge is 2.12. The Bertz CT molecular complexity index is 736. The van der Waals surface area contributed by atoms with Crippen molar-refractivity contribution in [1.82, 2.24) is 4.98 Å². The van der Waals surface area contributed by atoms with Crippen molar-refractivity contribution >= 4 is 16.1 Å². The molecule has 0 aliphatic heterocycles.